The zero-order chi connectivity index (χ0) is 24.4. The van der Waals surface area contributed by atoms with Crippen molar-refractivity contribution in [2.45, 2.75) is 19.4 Å². The number of hydrogen-bond donors (Lipinski definition) is 2. The quantitative estimate of drug-likeness (QED) is 0.418. The number of ether oxygens (including phenoxy) is 1. The summed E-state index contributed by atoms with van der Waals surface area (Å²) in [7, 11) is 0. The molecule has 0 spiro atoms. The molecule has 0 bridgehead atoms. The second-order valence-corrected chi connectivity index (χ2v) is 8.18. The predicted molar refractivity (Wildman–Crippen MR) is 126 cm³/mol. The predicted octanol–water partition coefficient (Wildman–Crippen LogP) is 2.61. The molecule has 4 aromatic rings. The highest BCUT2D eigenvalue weighted by molar-refractivity contribution is 5.66. The van der Waals surface area contributed by atoms with Crippen LogP contribution in [0.25, 0.3) is 22.5 Å². The Morgan fingerprint density at radius 2 is 2.00 bits per heavy atom. The Bertz CT molecular complexity index is 1410. The fourth-order valence-corrected chi connectivity index (χ4v) is 3.96. The van der Waals surface area contributed by atoms with Gasteiger partial charge in [-0.15, -0.1) is 0 Å². The molecular weight excluding hydrogens is 450 g/mol. The van der Waals surface area contributed by atoms with Gasteiger partial charge in [-0.1, -0.05) is 18.2 Å². The third-order valence-corrected chi connectivity index (χ3v) is 5.83. The molecule has 0 aliphatic carbocycles. The molecule has 5 rings (SSSR count). The second kappa shape index (κ2) is 9.37. The van der Waals surface area contributed by atoms with Crippen LogP contribution in [0.3, 0.4) is 0 Å². The monoisotopic (exact) mass is 473 g/mol. The van der Waals surface area contributed by atoms with Crippen molar-refractivity contribution in [3.05, 3.63) is 76.7 Å². The number of nitrogens with zero attached hydrogens (tertiary/aromatic N) is 6. The van der Waals surface area contributed by atoms with Crippen LogP contribution >= 0.6 is 0 Å². The Labute approximate surface area is 200 Å². The van der Waals surface area contributed by atoms with E-state index >= 15 is 0 Å². The molecule has 0 atom stereocenters. The average Bonchev–Trinajstić information content (AvgIpc) is 3.29. The molecule has 0 radical (unpaired) electrons. The molecule has 11 heteroatoms. The average molecular weight is 473 g/mol. The number of H-pyrrole nitrogens is 1. The molecular formula is C24H23N7O4. The van der Waals surface area contributed by atoms with Crippen molar-refractivity contribution < 1.29 is 14.6 Å². The zero-order valence-electron chi connectivity index (χ0n) is 19.0. The van der Waals surface area contributed by atoms with Gasteiger partial charge in [0.2, 0.25) is 5.43 Å². The van der Waals surface area contributed by atoms with E-state index in [0.717, 1.165) is 11.1 Å². The van der Waals surface area contributed by atoms with Gasteiger partial charge in [0.25, 0.3) is 0 Å². The van der Waals surface area contributed by atoms with E-state index in [4.69, 9.17) is 9.84 Å². The summed E-state index contributed by atoms with van der Waals surface area (Å²) in [5.74, 6) is 1.18. The summed E-state index contributed by atoms with van der Waals surface area (Å²) in [6.45, 7) is 3.20. The van der Waals surface area contributed by atoms with Gasteiger partial charge in [0.1, 0.15) is 5.69 Å². The molecule has 3 aromatic heterocycles. The van der Waals surface area contributed by atoms with Crippen molar-refractivity contribution >= 4 is 6.09 Å². The lowest BCUT2D eigenvalue weighted by Gasteiger charge is -2.36. The molecule has 1 aliphatic rings. The number of carbonyl (C=O) groups is 1. The molecule has 1 amide bonds. The van der Waals surface area contributed by atoms with Crippen LogP contribution in [0.4, 0.5) is 4.79 Å². The maximum Gasteiger partial charge on any atom is 0.407 e. The minimum atomic E-state index is -0.943. The number of aromatic amines is 1. The Balaban J connectivity index is 1.34. The van der Waals surface area contributed by atoms with Crippen LogP contribution in [0.1, 0.15) is 24.2 Å². The van der Waals surface area contributed by atoms with Gasteiger partial charge >= 0.3 is 6.09 Å². The smallest absolute Gasteiger partial charge is 0.407 e. The van der Waals surface area contributed by atoms with Crippen LogP contribution in [0.15, 0.2) is 60.0 Å². The summed E-state index contributed by atoms with van der Waals surface area (Å²) in [6, 6.07) is 7.63. The van der Waals surface area contributed by atoms with Gasteiger partial charge in [-0.25, -0.2) is 14.8 Å². The lowest BCUT2D eigenvalue weighted by molar-refractivity contribution is 0.0812. The molecule has 1 aromatic carbocycles. The van der Waals surface area contributed by atoms with E-state index in [2.05, 4.69) is 25.3 Å². The molecule has 35 heavy (non-hydrogen) atoms. The first kappa shape index (κ1) is 22.3. The van der Waals surface area contributed by atoms with Gasteiger partial charge in [0.15, 0.2) is 11.6 Å². The normalized spacial score (nSPS) is 13.5. The van der Waals surface area contributed by atoms with E-state index in [1.54, 1.807) is 35.7 Å². The van der Waals surface area contributed by atoms with Crippen LogP contribution in [-0.4, -0.2) is 65.7 Å². The summed E-state index contributed by atoms with van der Waals surface area (Å²) in [4.78, 5) is 34.2. The largest absolute Gasteiger partial charge is 0.491 e. The fraction of sp³-hybridized carbons (Fsp3) is 0.250. The van der Waals surface area contributed by atoms with Gasteiger partial charge in [-0.3, -0.25) is 14.6 Å². The molecule has 1 aliphatic heterocycles. The highest BCUT2D eigenvalue weighted by Gasteiger charge is 2.32. The molecule has 2 N–H and O–H groups in total. The van der Waals surface area contributed by atoms with E-state index < -0.39 is 6.09 Å². The summed E-state index contributed by atoms with van der Waals surface area (Å²) in [5, 5.41) is 20.4. The third kappa shape index (κ3) is 4.60. The second-order valence-electron chi connectivity index (χ2n) is 8.18. The van der Waals surface area contributed by atoms with Gasteiger partial charge in [-0.05, 0) is 18.6 Å². The van der Waals surface area contributed by atoms with Gasteiger partial charge < -0.3 is 14.7 Å². The Hall–Kier alpha value is -4.54. The molecule has 0 unspecified atom stereocenters. The SMILES string of the molecule is CCOc1cnc(-c2cccc(Cc3n[nH]cc(-c4cnn(C5CN(C(=O)O)C5)c4)c3=O)c2)nc1. The molecule has 0 saturated carbocycles. The number of aromatic nitrogens is 6. The number of amides is 1. The van der Waals surface area contributed by atoms with Crippen LogP contribution in [0.2, 0.25) is 0 Å². The minimum Gasteiger partial charge on any atom is -0.491 e. The number of carboxylic acid groups (broad SMARTS) is 1. The first-order chi connectivity index (χ1) is 17.0. The van der Waals surface area contributed by atoms with Gasteiger partial charge in [-0.2, -0.15) is 10.2 Å². The van der Waals surface area contributed by atoms with Crippen molar-refractivity contribution in [3.63, 3.8) is 0 Å². The summed E-state index contributed by atoms with van der Waals surface area (Å²) >= 11 is 0. The van der Waals surface area contributed by atoms with E-state index in [9.17, 15) is 9.59 Å². The van der Waals surface area contributed by atoms with E-state index in [1.807, 2.05) is 31.2 Å². The lowest BCUT2D eigenvalue weighted by Crippen LogP contribution is -2.50. The van der Waals surface area contributed by atoms with Gasteiger partial charge in [0.05, 0.1) is 36.8 Å². The molecule has 1 fully saturated rings. The number of hydrogen-bond acceptors (Lipinski definition) is 7. The number of rotatable bonds is 7. The lowest BCUT2D eigenvalue weighted by atomic mass is 10.0. The highest BCUT2D eigenvalue weighted by atomic mass is 16.5. The third-order valence-electron chi connectivity index (χ3n) is 5.83. The highest BCUT2D eigenvalue weighted by Crippen LogP contribution is 2.24. The van der Waals surface area contributed by atoms with Crippen LogP contribution in [0, 0.1) is 0 Å². The standard InChI is InChI=1S/C24H23N7O4/c1-2-35-19-9-25-23(26-10-19)16-5-3-4-15(6-16)7-21-22(32)20(11-27-29-21)17-8-28-31(12-17)18-13-30(14-18)24(33)34/h3-6,8-12,18H,2,7,13-14H2,1H3,(H,27,32)(H,33,34). The van der Waals surface area contributed by atoms with E-state index in [1.165, 1.54) is 4.90 Å². The van der Waals surface area contributed by atoms with Gasteiger partial charge in [0, 0.05) is 43.0 Å². The molecule has 1 saturated heterocycles. The van der Waals surface area contributed by atoms with Crippen molar-refractivity contribution in [2.75, 3.05) is 19.7 Å². The summed E-state index contributed by atoms with van der Waals surface area (Å²) in [5.41, 5.74) is 3.03. The number of benzene rings is 1. The van der Waals surface area contributed by atoms with Crippen molar-refractivity contribution in [1.82, 2.24) is 34.8 Å². The van der Waals surface area contributed by atoms with Crippen LogP contribution < -0.4 is 10.2 Å². The number of likely N-dealkylation sites (tertiary alicyclic amines) is 1. The first-order valence-corrected chi connectivity index (χ1v) is 11.2. The summed E-state index contributed by atoms with van der Waals surface area (Å²) in [6.07, 6.45) is 7.60. The maximum atomic E-state index is 13.2. The van der Waals surface area contributed by atoms with E-state index in [0.29, 0.717) is 54.5 Å². The Morgan fingerprint density at radius 1 is 1.20 bits per heavy atom. The molecule has 178 valence electrons. The van der Waals surface area contributed by atoms with Crippen LogP contribution in [0.5, 0.6) is 5.75 Å². The summed E-state index contributed by atoms with van der Waals surface area (Å²) < 4.78 is 7.10. The minimum absolute atomic E-state index is 0.0344. The van der Waals surface area contributed by atoms with E-state index in [-0.39, 0.29) is 11.5 Å². The van der Waals surface area contributed by atoms with Crippen molar-refractivity contribution in [1.29, 1.82) is 0 Å². The maximum absolute atomic E-state index is 13.2. The first-order valence-electron chi connectivity index (χ1n) is 11.2. The topological polar surface area (TPSA) is 139 Å². The number of nitrogens with one attached hydrogen (secondary N) is 1. The molecule has 11 nitrogen and oxygen atoms in total. The van der Waals surface area contributed by atoms with Crippen LogP contribution in [-0.2, 0) is 6.42 Å². The fourth-order valence-electron chi connectivity index (χ4n) is 3.96. The molecule has 4 heterocycles. The van der Waals surface area contributed by atoms with Crippen molar-refractivity contribution in [3.8, 4) is 28.3 Å². The Kier molecular flexibility index (Phi) is 5.96. The van der Waals surface area contributed by atoms with Crippen molar-refractivity contribution in [2.24, 2.45) is 0 Å². The Morgan fingerprint density at radius 3 is 2.74 bits per heavy atom. The zero-order valence-corrected chi connectivity index (χ0v) is 19.0.